The van der Waals surface area contributed by atoms with Crippen molar-refractivity contribution in [1.29, 1.82) is 0 Å². The molecule has 1 atom stereocenters. The fourth-order valence-electron chi connectivity index (χ4n) is 1.28. The molecule has 1 amide bonds. The van der Waals surface area contributed by atoms with Gasteiger partial charge in [0.2, 0.25) is 0 Å². The van der Waals surface area contributed by atoms with Crippen LogP contribution >= 0.6 is 11.6 Å². The molecule has 116 valence electrons. The highest BCUT2D eigenvalue weighted by Gasteiger charge is 2.29. The maximum Gasteiger partial charge on any atom is 0.405 e. The third kappa shape index (κ3) is 5.50. The molecule has 1 unspecified atom stereocenters. The number of alkyl halides is 3. The standard InChI is InChI=1S/C12H12ClF3N2O3/c1-6(10(19)18-5-12(14,15)16)21-11(20)7-2-3-8(13)9(17)4-7/h2-4,6H,5,17H2,1H3,(H,18,19). The Morgan fingerprint density at radius 3 is 2.57 bits per heavy atom. The largest absolute Gasteiger partial charge is 0.449 e. The topological polar surface area (TPSA) is 81.4 Å². The summed E-state index contributed by atoms with van der Waals surface area (Å²) >= 11 is 5.68. The molecule has 0 saturated carbocycles. The molecule has 0 fully saturated rings. The van der Waals surface area contributed by atoms with Crippen molar-refractivity contribution in [1.82, 2.24) is 5.32 Å². The summed E-state index contributed by atoms with van der Waals surface area (Å²) in [5.74, 6) is -1.95. The first-order valence-electron chi connectivity index (χ1n) is 5.70. The molecule has 0 heterocycles. The van der Waals surface area contributed by atoms with Crippen molar-refractivity contribution < 1.29 is 27.5 Å². The molecule has 21 heavy (non-hydrogen) atoms. The van der Waals surface area contributed by atoms with Crippen molar-refractivity contribution in [3.8, 4) is 0 Å². The maximum absolute atomic E-state index is 11.9. The lowest BCUT2D eigenvalue weighted by Gasteiger charge is -2.14. The Balaban J connectivity index is 2.61. The predicted molar refractivity (Wildman–Crippen MR) is 69.8 cm³/mol. The number of rotatable bonds is 4. The number of carbonyl (C=O) groups is 2. The van der Waals surface area contributed by atoms with Crippen LogP contribution in [-0.2, 0) is 9.53 Å². The number of benzene rings is 1. The van der Waals surface area contributed by atoms with Crippen molar-refractivity contribution in [3.63, 3.8) is 0 Å². The number of hydrogen-bond acceptors (Lipinski definition) is 4. The van der Waals surface area contributed by atoms with Crippen LogP contribution < -0.4 is 11.1 Å². The van der Waals surface area contributed by atoms with Crippen LogP contribution in [0.25, 0.3) is 0 Å². The first kappa shape index (κ1) is 17.1. The lowest BCUT2D eigenvalue weighted by Crippen LogP contribution is -2.40. The molecule has 3 N–H and O–H groups in total. The fraction of sp³-hybridized carbons (Fsp3) is 0.333. The second kappa shape index (κ2) is 6.66. The molecule has 0 aliphatic carbocycles. The van der Waals surface area contributed by atoms with E-state index in [9.17, 15) is 22.8 Å². The van der Waals surface area contributed by atoms with E-state index in [1.807, 2.05) is 0 Å². The van der Waals surface area contributed by atoms with Crippen LogP contribution in [0.2, 0.25) is 5.02 Å². The summed E-state index contributed by atoms with van der Waals surface area (Å²) in [6.07, 6.45) is -5.92. The van der Waals surface area contributed by atoms with E-state index < -0.39 is 30.7 Å². The van der Waals surface area contributed by atoms with E-state index >= 15 is 0 Å². The van der Waals surface area contributed by atoms with Gasteiger partial charge in [-0.1, -0.05) is 11.6 Å². The van der Waals surface area contributed by atoms with E-state index in [0.29, 0.717) is 0 Å². The summed E-state index contributed by atoms with van der Waals surface area (Å²) in [7, 11) is 0. The molecule has 0 spiro atoms. The zero-order chi connectivity index (χ0) is 16.2. The minimum absolute atomic E-state index is 0.0346. The summed E-state index contributed by atoms with van der Waals surface area (Å²) in [6.45, 7) is -0.343. The van der Waals surface area contributed by atoms with Crippen molar-refractivity contribution in [2.45, 2.75) is 19.2 Å². The highest BCUT2D eigenvalue weighted by molar-refractivity contribution is 6.33. The lowest BCUT2D eigenvalue weighted by atomic mass is 10.2. The SMILES string of the molecule is CC(OC(=O)c1ccc(Cl)c(N)c1)C(=O)NCC(F)(F)F. The zero-order valence-corrected chi connectivity index (χ0v) is 11.6. The zero-order valence-electron chi connectivity index (χ0n) is 10.8. The summed E-state index contributed by atoms with van der Waals surface area (Å²) in [6, 6.07) is 3.92. The Morgan fingerprint density at radius 2 is 2.05 bits per heavy atom. The second-order valence-electron chi connectivity index (χ2n) is 4.12. The Labute approximate surface area is 123 Å². The van der Waals surface area contributed by atoms with Gasteiger partial charge in [0.25, 0.3) is 5.91 Å². The number of halogens is 4. The number of hydrogen-bond donors (Lipinski definition) is 2. The molecular weight excluding hydrogens is 313 g/mol. The minimum Gasteiger partial charge on any atom is -0.449 e. The highest BCUT2D eigenvalue weighted by Crippen LogP contribution is 2.20. The third-order valence-corrected chi connectivity index (χ3v) is 2.69. The van der Waals surface area contributed by atoms with Crippen LogP contribution in [0.1, 0.15) is 17.3 Å². The van der Waals surface area contributed by atoms with Crippen LogP contribution in [0, 0.1) is 0 Å². The van der Waals surface area contributed by atoms with Gasteiger partial charge in [-0.15, -0.1) is 0 Å². The van der Waals surface area contributed by atoms with Crippen LogP contribution in [0.3, 0.4) is 0 Å². The van der Waals surface area contributed by atoms with Gasteiger partial charge in [0, 0.05) is 0 Å². The molecule has 5 nitrogen and oxygen atoms in total. The number of anilines is 1. The van der Waals surface area contributed by atoms with Gasteiger partial charge in [-0.05, 0) is 25.1 Å². The quantitative estimate of drug-likeness (QED) is 0.657. The van der Waals surface area contributed by atoms with E-state index in [0.717, 1.165) is 6.92 Å². The fourth-order valence-corrected chi connectivity index (χ4v) is 1.40. The minimum atomic E-state index is -4.54. The highest BCUT2D eigenvalue weighted by atomic mass is 35.5. The van der Waals surface area contributed by atoms with E-state index in [1.165, 1.54) is 18.2 Å². The molecular formula is C12H12ClF3N2O3. The first-order valence-corrected chi connectivity index (χ1v) is 6.08. The molecule has 1 aromatic carbocycles. The summed E-state index contributed by atoms with van der Waals surface area (Å²) in [5, 5.41) is 1.85. The number of nitrogens with two attached hydrogens (primary N) is 1. The van der Waals surface area contributed by atoms with Gasteiger partial charge in [0.05, 0.1) is 16.3 Å². The number of nitrogen functional groups attached to an aromatic ring is 1. The van der Waals surface area contributed by atoms with Gasteiger partial charge in [-0.2, -0.15) is 13.2 Å². The normalized spacial score (nSPS) is 12.6. The molecule has 0 aliphatic rings. The van der Waals surface area contributed by atoms with Crippen LogP contribution in [-0.4, -0.2) is 30.7 Å². The molecule has 0 saturated heterocycles. The van der Waals surface area contributed by atoms with Gasteiger partial charge < -0.3 is 15.8 Å². The smallest absolute Gasteiger partial charge is 0.405 e. The van der Waals surface area contributed by atoms with E-state index in [4.69, 9.17) is 22.1 Å². The molecule has 0 bridgehead atoms. The molecule has 0 radical (unpaired) electrons. The van der Waals surface area contributed by atoms with Crippen molar-refractivity contribution >= 4 is 29.2 Å². The Hall–Kier alpha value is -1.96. The first-order chi connectivity index (χ1) is 9.60. The average Bonchev–Trinajstić information content (AvgIpc) is 2.38. The molecule has 1 aromatic rings. The molecule has 0 aromatic heterocycles. The van der Waals surface area contributed by atoms with Crippen molar-refractivity contribution in [3.05, 3.63) is 28.8 Å². The number of ether oxygens (including phenoxy) is 1. The van der Waals surface area contributed by atoms with Crippen LogP contribution in [0.5, 0.6) is 0 Å². The number of nitrogens with one attached hydrogen (secondary N) is 1. The van der Waals surface area contributed by atoms with Gasteiger partial charge in [-0.3, -0.25) is 4.79 Å². The Morgan fingerprint density at radius 1 is 1.43 bits per heavy atom. The number of carbonyl (C=O) groups excluding carboxylic acids is 2. The third-order valence-electron chi connectivity index (χ3n) is 2.35. The predicted octanol–water partition coefficient (Wildman–Crippen LogP) is 2.15. The summed E-state index contributed by atoms with van der Waals surface area (Å²) in [5.41, 5.74) is 5.67. The van der Waals surface area contributed by atoms with E-state index in [-0.39, 0.29) is 16.3 Å². The van der Waals surface area contributed by atoms with Gasteiger partial charge in [-0.25, -0.2) is 4.79 Å². The molecule has 0 aliphatic heterocycles. The molecule has 9 heteroatoms. The van der Waals surface area contributed by atoms with E-state index in [2.05, 4.69) is 0 Å². The molecule has 1 rings (SSSR count). The van der Waals surface area contributed by atoms with Gasteiger partial charge in [0.15, 0.2) is 6.10 Å². The number of amides is 1. The van der Waals surface area contributed by atoms with E-state index in [1.54, 1.807) is 5.32 Å². The lowest BCUT2D eigenvalue weighted by molar-refractivity contribution is -0.143. The maximum atomic E-state index is 11.9. The average molecular weight is 325 g/mol. The van der Waals surface area contributed by atoms with Crippen LogP contribution in [0.15, 0.2) is 18.2 Å². The van der Waals surface area contributed by atoms with Crippen molar-refractivity contribution in [2.75, 3.05) is 12.3 Å². The monoisotopic (exact) mass is 324 g/mol. The summed E-state index contributed by atoms with van der Waals surface area (Å²) < 4.78 is 40.6. The van der Waals surface area contributed by atoms with Gasteiger partial charge in [0.1, 0.15) is 6.54 Å². The van der Waals surface area contributed by atoms with Crippen molar-refractivity contribution in [2.24, 2.45) is 0 Å². The summed E-state index contributed by atoms with van der Waals surface area (Å²) in [4.78, 5) is 23.0. The van der Waals surface area contributed by atoms with Gasteiger partial charge >= 0.3 is 12.1 Å². The van der Waals surface area contributed by atoms with Crippen LogP contribution in [0.4, 0.5) is 18.9 Å². The Bertz CT molecular complexity index is 549. The second-order valence-corrected chi connectivity index (χ2v) is 4.52. The Kier molecular flexibility index (Phi) is 5.42. The number of esters is 1.